The van der Waals surface area contributed by atoms with Gasteiger partial charge in [-0.3, -0.25) is 15.0 Å². The Bertz CT molecular complexity index is 837. The first-order chi connectivity index (χ1) is 11.9. The topological polar surface area (TPSA) is 45.2 Å². The molecule has 0 aliphatic carbocycles. The van der Waals surface area contributed by atoms with Crippen LogP contribution in [0.15, 0.2) is 55.2 Å². The third kappa shape index (κ3) is 2.05. The highest BCUT2D eigenvalue weighted by Gasteiger charge is 2.24. The summed E-state index contributed by atoms with van der Waals surface area (Å²) in [7, 11) is 0. The lowest BCUT2D eigenvalue weighted by atomic mass is 10.2. The van der Waals surface area contributed by atoms with Crippen LogP contribution in [0.5, 0.6) is 0 Å². The van der Waals surface area contributed by atoms with Gasteiger partial charge in [0.25, 0.3) is 0 Å². The summed E-state index contributed by atoms with van der Waals surface area (Å²) >= 11 is 0. The minimum atomic E-state index is 0.956. The quantitative estimate of drug-likeness (QED) is 0.726. The number of rotatable bonds is 2. The van der Waals surface area contributed by atoms with E-state index in [0.717, 1.165) is 37.3 Å². The SMILES string of the molecule is c1cnc2c(c1)N(c1cncc(N3CCc4cnccc43)c1)CC2. The highest BCUT2D eigenvalue weighted by Crippen LogP contribution is 2.37. The van der Waals surface area contributed by atoms with Crippen LogP contribution in [-0.4, -0.2) is 28.0 Å². The summed E-state index contributed by atoms with van der Waals surface area (Å²) in [6, 6.07) is 8.45. The molecule has 0 radical (unpaired) electrons. The smallest absolute Gasteiger partial charge is 0.0657 e. The second kappa shape index (κ2) is 5.30. The lowest BCUT2D eigenvalue weighted by Gasteiger charge is -2.23. The van der Waals surface area contributed by atoms with Crippen LogP contribution in [0.3, 0.4) is 0 Å². The van der Waals surface area contributed by atoms with E-state index in [1.54, 1.807) is 0 Å². The lowest BCUT2D eigenvalue weighted by molar-refractivity contribution is 0.965. The fraction of sp³-hybridized carbons (Fsp3) is 0.211. The minimum absolute atomic E-state index is 0.956. The molecule has 5 rings (SSSR count). The molecule has 5 heterocycles. The van der Waals surface area contributed by atoms with Gasteiger partial charge >= 0.3 is 0 Å². The predicted molar refractivity (Wildman–Crippen MR) is 94.1 cm³/mol. The summed E-state index contributed by atoms with van der Waals surface area (Å²) in [5, 5.41) is 0. The number of hydrogen-bond donors (Lipinski definition) is 0. The molecule has 0 saturated heterocycles. The zero-order valence-corrected chi connectivity index (χ0v) is 13.3. The number of nitrogens with zero attached hydrogens (tertiary/aromatic N) is 5. The fourth-order valence-electron chi connectivity index (χ4n) is 3.68. The van der Waals surface area contributed by atoms with Crippen molar-refractivity contribution < 1.29 is 0 Å². The van der Waals surface area contributed by atoms with Crippen molar-refractivity contribution in [1.82, 2.24) is 15.0 Å². The average Bonchev–Trinajstić information content (AvgIpc) is 3.26. The van der Waals surface area contributed by atoms with Gasteiger partial charge in [0, 0.05) is 43.8 Å². The molecule has 0 fully saturated rings. The van der Waals surface area contributed by atoms with E-state index in [1.165, 1.54) is 22.6 Å². The molecule has 3 aromatic heterocycles. The first-order valence-corrected chi connectivity index (χ1v) is 8.27. The fourth-order valence-corrected chi connectivity index (χ4v) is 3.68. The molecule has 2 aliphatic heterocycles. The van der Waals surface area contributed by atoms with Gasteiger partial charge in [0.2, 0.25) is 0 Å². The second-order valence-corrected chi connectivity index (χ2v) is 6.18. The summed E-state index contributed by atoms with van der Waals surface area (Å²) < 4.78 is 0. The van der Waals surface area contributed by atoms with Crippen LogP contribution < -0.4 is 9.80 Å². The minimum Gasteiger partial charge on any atom is -0.340 e. The standard InChI is InChI=1S/C19H17N5/c1-2-19-17(22-6-1)5-9-24(19)16-10-15(12-21-13-16)23-8-4-14-11-20-7-3-18(14)23/h1-3,6-7,10-13H,4-5,8-9H2. The largest absolute Gasteiger partial charge is 0.340 e. The third-order valence-electron chi connectivity index (χ3n) is 4.84. The Balaban J connectivity index is 1.52. The van der Waals surface area contributed by atoms with E-state index in [9.17, 15) is 0 Å². The highest BCUT2D eigenvalue weighted by molar-refractivity contribution is 5.74. The van der Waals surface area contributed by atoms with Crippen molar-refractivity contribution in [1.29, 1.82) is 0 Å². The molecule has 118 valence electrons. The van der Waals surface area contributed by atoms with Crippen molar-refractivity contribution in [3.05, 3.63) is 66.5 Å². The van der Waals surface area contributed by atoms with Gasteiger partial charge in [-0.15, -0.1) is 0 Å². The highest BCUT2D eigenvalue weighted by atomic mass is 15.2. The normalized spacial score (nSPS) is 15.5. The first kappa shape index (κ1) is 13.5. The van der Waals surface area contributed by atoms with Gasteiger partial charge in [-0.25, -0.2) is 0 Å². The summed E-state index contributed by atoms with van der Waals surface area (Å²) in [5.74, 6) is 0. The summed E-state index contributed by atoms with van der Waals surface area (Å²) in [6.45, 7) is 1.93. The molecule has 0 bridgehead atoms. The Morgan fingerprint density at radius 2 is 1.62 bits per heavy atom. The molecule has 5 heteroatoms. The van der Waals surface area contributed by atoms with Gasteiger partial charge in [-0.2, -0.15) is 0 Å². The van der Waals surface area contributed by atoms with Crippen molar-refractivity contribution in [3.8, 4) is 0 Å². The Hall–Kier alpha value is -2.95. The van der Waals surface area contributed by atoms with E-state index >= 15 is 0 Å². The number of hydrogen-bond acceptors (Lipinski definition) is 5. The van der Waals surface area contributed by atoms with Crippen molar-refractivity contribution in [2.75, 3.05) is 22.9 Å². The van der Waals surface area contributed by atoms with Gasteiger partial charge in [-0.1, -0.05) is 0 Å². The molecule has 0 amide bonds. The first-order valence-electron chi connectivity index (χ1n) is 8.27. The lowest BCUT2D eigenvalue weighted by Crippen LogP contribution is -2.17. The number of fused-ring (bicyclic) bond motifs is 2. The predicted octanol–water partition coefficient (Wildman–Crippen LogP) is 3.26. The molecular weight excluding hydrogens is 298 g/mol. The molecular formula is C19H17N5. The van der Waals surface area contributed by atoms with Gasteiger partial charge in [0.1, 0.15) is 0 Å². The molecule has 0 N–H and O–H groups in total. The van der Waals surface area contributed by atoms with Crippen LogP contribution in [0, 0.1) is 0 Å². The molecule has 5 nitrogen and oxygen atoms in total. The maximum atomic E-state index is 4.50. The number of anilines is 4. The van der Waals surface area contributed by atoms with Gasteiger partial charge in [-0.05, 0) is 36.2 Å². The van der Waals surface area contributed by atoms with Crippen LogP contribution in [0.25, 0.3) is 0 Å². The molecule has 0 saturated carbocycles. The molecule has 0 spiro atoms. The van der Waals surface area contributed by atoms with Crippen LogP contribution in [0.2, 0.25) is 0 Å². The monoisotopic (exact) mass is 315 g/mol. The third-order valence-corrected chi connectivity index (χ3v) is 4.84. The number of pyridine rings is 3. The van der Waals surface area contributed by atoms with Crippen LogP contribution in [-0.2, 0) is 12.8 Å². The Morgan fingerprint density at radius 3 is 2.54 bits per heavy atom. The van der Waals surface area contributed by atoms with Crippen LogP contribution in [0.1, 0.15) is 11.3 Å². The molecule has 3 aromatic rings. The van der Waals surface area contributed by atoms with Gasteiger partial charge in [0.05, 0.1) is 35.1 Å². The molecule has 0 unspecified atom stereocenters. The van der Waals surface area contributed by atoms with Crippen LogP contribution in [0.4, 0.5) is 22.7 Å². The van der Waals surface area contributed by atoms with E-state index in [-0.39, 0.29) is 0 Å². The van der Waals surface area contributed by atoms with E-state index < -0.39 is 0 Å². The molecule has 0 aromatic carbocycles. The summed E-state index contributed by atoms with van der Waals surface area (Å²) in [4.78, 5) is 17.9. The van der Waals surface area contributed by atoms with Gasteiger partial charge < -0.3 is 9.80 Å². The van der Waals surface area contributed by atoms with E-state index in [0.29, 0.717) is 0 Å². The van der Waals surface area contributed by atoms with Crippen molar-refractivity contribution >= 4 is 22.7 Å². The van der Waals surface area contributed by atoms with E-state index in [2.05, 4.69) is 43.0 Å². The Labute approximate surface area is 140 Å². The van der Waals surface area contributed by atoms with E-state index in [4.69, 9.17) is 0 Å². The maximum Gasteiger partial charge on any atom is 0.0657 e. The molecule has 2 aliphatic rings. The van der Waals surface area contributed by atoms with Crippen molar-refractivity contribution in [3.63, 3.8) is 0 Å². The van der Waals surface area contributed by atoms with Gasteiger partial charge in [0.15, 0.2) is 0 Å². The van der Waals surface area contributed by atoms with Crippen molar-refractivity contribution in [2.45, 2.75) is 12.8 Å². The average molecular weight is 315 g/mol. The summed E-state index contributed by atoms with van der Waals surface area (Å²) in [6.07, 6.45) is 11.6. The zero-order valence-electron chi connectivity index (χ0n) is 13.3. The van der Waals surface area contributed by atoms with Crippen molar-refractivity contribution in [2.24, 2.45) is 0 Å². The molecule has 24 heavy (non-hydrogen) atoms. The zero-order chi connectivity index (χ0) is 15.9. The number of aromatic nitrogens is 3. The van der Waals surface area contributed by atoms with E-state index in [1.807, 2.05) is 37.1 Å². The second-order valence-electron chi connectivity index (χ2n) is 6.18. The summed E-state index contributed by atoms with van der Waals surface area (Å²) in [5.41, 5.74) is 7.17. The van der Waals surface area contributed by atoms with Crippen LogP contribution >= 0.6 is 0 Å². The maximum absolute atomic E-state index is 4.50. The Morgan fingerprint density at radius 1 is 0.792 bits per heavy atom. The Kier molecular flexibility index (Phi) is 2.98. The molecule has 0 atom stereocenters.